The summed E-state index contributed by atoms with van der Waals surface area (Å²) in [6.07, 6.45) is -3.68. The smallest absolute Gasteiger partial charge is 0.422 e. The van der Waals surface area contributed by atoms with Crippen LogP contribution in [0.3, 0.4) is 0 Å². The molecule has 0 saturated heterocycles. The van der Waals surface area contributed by atoms with E-state index in [2.05, 4.69) is 0 Å². The Hall–Kier alpha value is -2.46. The number of hydrogen-bond donors (Lipinski definition) is 0. The van der Waals surface area contributed by atoms with Crippen molar-refractivity contribution in [2.75, 3.05) is 20.0 Å². The Labute approximate surface area is 176 Å². The lowest BCUT2D eigenvalue weighted by Gasteiger charge is -2.19. The van der Waals surface area contributed by atoms with Gasteiger partial charge in [0.1, 0.15) is 11.5 Å². The summed E-state index contributed by atoms with van der Waals surface area (Å²) in [5, 5.41) is 0.360. The molecular formula is C19H17ClF3NO5S. The molecular weight excluding hydrogens is 447 g/mol. The molecule has 0 spiro atoms. The molecule has 3 rings (SSSR count). The summed E-state index contributed by atoms with van der Waals surface area (Å²) in [6.45, 7) is -1.30. The molecule has 1 aliphatic rings. The third kappa shape index (κ3) is 4.81. The molecule has 162 valence electrons. The Morgan fingerprint density at radius 1 is 1.13 bits per heavy atom. The first-order valence-corrected chi connectivity index (χ1v) is 10.8. The number of sulfone groups is 1. The fourth-order valence-corrected chi connectivity index (χ4v) is 3.97. The van der Waals surface area contributed by atoms with Gasteiger partial charge in [-0.3, -0.25) is 4.79 Å². The number of nitrogens with zero attached hydrogens (tertiary/aromatic N) is 1. The van der Waals surface area contributed by atoms with Gasteiger partial charge in [0.05, 0.1) is 22.6 Å². The van der Waals surface area contributed by atoms with E-state index in [1.165, 1.54) is 12.0 Å². The number of hydrogen-bond acceptors (Lipinski definition) is 5. The van der Waals surface area contributed by atoms with Crippen LogP contribution < -0.4 is 9.47 Å². The highest BCUT2D eigenvalue weighted by Crippen LogP contribution is 2.35. The average molecular weight is 464 g/mol. The third-order valence-electron chi connectivity index (χ3n) is 4.48. The largest absolute Gasteiger partial charge is 0.495 e. The molecule has 2 aromatic rings. The van der Waals surface area contributed by atoms with Crippen molar-refractivity contribution in [1.29, 1.82) is 0 Å². The van der Waals surface area contributed by atoms with Gasteiger partial charge >= 0.3 is 6.18 Å². The van der Waals surface area contributed by atoms with E-state index in [1.54, 1.807) is 12.1 Å². The Balaban J connectivity index is 1.95. The normalized spacial score (nSPS) is 13.9. The Morgan fingerprint density at radius 3 is 2.33 bits per heavy atom. The molecule has 0 fully saturated rings. The standard InChI is InChI=1S/C19H17ClF3NO5S/c1-28-17-6-12-9-24(8-11(12)5-15(17)20)18(25)14-7-13(30(2,26)27)3-4-16(14)29-10-19(21,22)23/h3-7H,8-10H2,1-2H3. The van der Waals surface area contributed by atoms with E-state index < -0.39 is 28.5 Å². The van der Waals surface area contributed by atoms with Crippen molar-refractivity contribution < 1.29 is 35.9 Å². The molecule has 0 radical (unpaired) electrons. The van der Waals surface area contributed by atoms with E-state index in [0.29, 0.717) is 10.8 Å². The van der Waals surface area contributed by atoms with Crippen LogP contribution in [0.25, 0.3) is 0 Å². The van der Waals surface area contributed by atoms with Gasteiger partial charge in [0.2, 0.25) is 0 Å². The van der Waals surface area contributed by atoms with Crippen LogP contribution in [0.1, 0.15) is 21.5 Å². The van der Waals surface area contributed by atoms with Crippen LogP contribution in [-0.4, -0.2) is 45.4 Å². The van der Waals surface area contributed by atoms with Crippen molar-refractivity contribution in [1.82, 2.24) is 4.90 Å². The van der Waals surface area contributed by atoms with Gasteiger partial charge in [-0.05, 0) is 41.5 Å². The van der Waals surface area contributed by atoms with Gasteiger partial charge in [0.15, 0.2) is 16.4 Å². The van der Waals surface area contributed by atoms with Gasteiger partial charge in [-0.25, -0.2) is 8.42 Å². The second kappa shape index (κ2) is 7.99. The molecule has 0 atom stereocenters. The molecule has 1 heterocycles. The number of methoxy groups -OCH3 is 1. The van der Waals surface area contributed by atoms with E-state index in [0.717, 1.165) is 35.6 Å². The molecule has 11 heteroatoms. The molecule has 1 aliphatic heterocycles. The summed E-state index contributed by atoms with van der Waals surface area (Å²) in [6, 6.07) is 6.51. The highest BCUT2D eigenvalue weighted by Gasteiger charge is 2.32. The topological polar surface area (TPSA) is 72.9 Å². The van der Waals surface area contributed by atoms with Crippen molar-refractivity contribution in [3.8, 4) is 11.5 Å². The monoisotopic (exact) mass is 463 g/mol. The van der Waals surface area contributed by atoms with Crippen molar-refractivity contribution in [3.63, 3.8) is 0 Å². The third-order valence-corrected chi connectivity index (χ3v) is 5.89. The molecule has 0 bridgehead atoms. The van der Waals surface area contributed by atoms with Crippen LogP contribution in [0, 0.1) is 0 Å². The van der Waals surface area contributed by atoms with E-state index in [1.807, 2.05) is 0 Å². The minimum Gasteiger partial charge on any atom is -0.495 e. The summed E-state index contributed by atoms with van der Waals surface area (Å²) in [7, 11) is -2.24. The summed E-state index contributed by atoms with van der Waals surface area (Å²) >= 11 is 6.11. The van der Waals surface area contributed by atoms with E-state index in [4.69, 9.17) is 21.1 Å². The molecule has 30 heavy (non-hydrogen) atoms. The van der Waals surface area contributed by atoms with Crippen LogP contribution in [0.4, 0.5) is 13.2 Å². The first-order valence-electron chi connectivity index (χ1n) is 8.57. The molecule has 0 N–H and O–H groups in total. The zero-order chi connectivity index (χ0) is 22.3. The van der Waals surface area contributed by atoms with E-state index in [9.17, 15) is 26.4 Å². The Bertz CT molecular complexity index is 1100. The minimum absolute atomic E-state index is 0.152. The zero-order valence-electron chi connectivity index (χ0n) is 15.9. The predicted octanol–water partition coefficient (Wildman–Crippen LogP) is 3.85. The van der Waals surface area contributed by atoms with Crippen LogP contribution in [0.2, 0.25) is 5.02 Å². The number of fused-ring (bicyclic) bond motifs is 1. The summed E-state index contributed by atoms with van der Waals surface area (Å²) < 4.78 is 71.4. The van der Waals surface area contributed by atoms with Gasteiger partial charge < -0.3 is 14.4 Å². The number of amides is 1. The Morgan fingerprint density at radius 2 is 1.77 bits per heavy atom. The first-order chi connectivity index (χ1) is 13.9. The number of carbonyl (C=O) groups excluding carboxylic acids is 1. The summed E-state index contributed by atoms with van der Waals surface area (Å²) in [5.74, 6) is -0.585. The molecule has 0 aliphatic carbocycles. The van der Waals surface area contributed by atoms with Crippen molar-refractivity contribution >= 4 is 27.3 Å². The maximum absolute atomic E-state index is 13.1. The SMILES string of the molecule is COc1cc2c(cc1Cl)CN(C(=O)c1cc(S(C)(=O)=O)ccc1OCC(F)(F)F)C2. The molecule has 2 aromatic carbocycles. The number of halogens is 4. The van der Waals surface area contributed by atoms with Crippen LogP contribution in [0.5, 0.6) is 11.5 Å². The fourth-order valence-electron chi connectivity index (χ4n) is 3.06. The lowest BCUT2D eigenvalue weighted by Crippen LogP contribution is -2.27. The van der Waals surface area contributed by atoms with Crippen molar-refractivity contribution in [2.24, 2.45) is 0 Å². The zero-order valence-corrected chi connectivity index (χ0v) is 17.5. The number of alkyl halides is 3. The number of rotatable bonds is 5. The second-order valence-electron chi connectivity index (χ2n) is 6.75. The molecule has 0 saturated carbocycles. The Kier molecular flexibility index (Phi) is 5.92. The highest BCUT2D eigenvalue weighted by molar-refractivity contribution is 7.90. The van der Waals surface area contributed by atoms with E-state index in [-0.39, 0.29) is 29.3 Å². The number of ether oxygens (including phenoxy) is 2. The highest BCUT2D eigenvalue weighted by atomic mass is 35.5. The van der Waals surface area contributed by atoms with Gasteiger partial charge in [-0.15, -0.1) is 0 Å². The molecule has 0 aromatic heterocycles. The summed E-state index contributed by atoms with van der Waals surface area (Å²) in [4.78, 5) is 14.2. The van der Waals surface area contributed by atoms with Crippen molar-refractivity contribution in [2.45, 2.75) is 24.2 Å². The van der Waals surface area contributed by atoms with Crippen LogP contribution in [-0.2, 0) is 22.9 Å². The van der Waals surface area contributed by atoms with Gasteiger partial charge in [-0.2, -0.15) is 13.2 Å². The van der Waals surface area contributed by atoms with Crippen LogP contribution >= 0.6 is 11.6 Å². The van der Waals surface area contributed by atoms with Gasteiger partial charge in [0.25, 0.3) is 5.91 Å². The first kappa shape index (κ1) is 22.2. The van der Waals surface area contributed by atoms with E-state index >= 15 is 0 Å². The lowest BCUT2D eigenvalue weighted by atomic mass is 10.1. The molecule has 0 unspecified atom stereocenters. The average Bonchev–Trinajstić information content (AvgIpc) is 3.06. The predicted molar refractivity (Wildman–Crippen MR) is 103 cm³/mol. The fraction of sp³-hybridized carbons (Fsp3) is 0.316. The second-order valence-corrected chi connectivity index (χ2v) is 9.17. The van der Waals surface area contributed by atoms with Crippen molar-refractivity contribution in [3.05, 3.63) is 52.0 Å². The summed E-state index contributed by atoms with van der Waals surface area (Å²) in [5.41, 5.74) is 1.25. The lowest BCUT2D eigenvalue weighted by molar-refractivity contribution is -0.153. The van der Waals surface area contributed by atoms with Gasteiger partial charge in [-0.1, -0.05) is 11.6 Å². The maximum Gasteiger partial charge on any atom is 0.422 e. The number of carbonyl (C=O) groups is 1. The van der Waals surface area contributed by atoms with Crippen LogP contribution in [0.15, 0.2) is 35.2 Å². The van der Waals surface area contributed by atoms with Gasteiger partial charge in [0, 0.05) is 19.3 Å². The molecule has 6 nitrogen and oxygen atoms in total. The number of benzene rings is 2. The quantitative estimate of drug-likeness (QED) is 0.673. The minimum atomic E-state index is -4.62. The molecule has 1 amide bonds. The maximum atomic E-state index is 13.1.